The Balaban J connectivity index is 1.94. The van der Waals surface area contributed by atoms with Gasteiger partial charge in [0.2, 0.25) is 5.91 Å². The summed E-state index contributed by atoms with van der Waals surface area (Å²) < 4.78 is 0. The molecule has 1 atom stereocenters. The summed E-state index contributed by atoms with van der Waals surface area (Å²) >= 11 is 0. The highest BCUT2D eigenvalue weighted by Gasteiger charge is 2.35. The molecular formula is C16H27N3O. The van der Waals surface area contributed by atoms with E-state index >= 15 is 0 Å². The minimum absolute atomic E-state index is 0.0374. The maximum Gasteiger partial charge on any atom is 0.238 e. The highest BCUT2D eigenvalue weighted by atomic mass is 16.2. The summed E-state index contributed by atoms with van der Waals surface area (Å²) in [4.78, 5) is 14.8. The average molecular weight is 277 g/mol. The lowest BCUT2D eigenvalue weighted by atomic mass is 9.82. The van der Waals surface area contributed by atoms with Crippen LogP contribution in [0, 0.1) is 11.3 Å². The van der Waals surface area contributed by atoms with Gasteiger partial charge in [0.1, 0.15) is 5.54 Å². The largest absolute Gasteiger partial charge is 0.336 e. The third kappa shape index (κ3) is 3.73. The Kier molecular flexibility index (Phi) is 5.42. The highest BCUT2D eigenvalue weighted by molar-refractivity contribution is 5.82. The molecule has 0 bridgehead atoms. The summed E-state index contributed by atoms with van der Waals surface area (Å²) in [7, 11) is 0. The predicted octanol–water partition coefficient (Wildman–Crippen LogP) is 2.59. The van der Waals surface area contributed by atoms with Crippen molar-refractivity contribution in [3.05, 3.63) is 0 Å². The molecule has 1 saturated carbocycles. The first kappa shape index (κ1) is 15.3. The minimum Gasteiger partial charge on any atom is -0.336 e. The zero-order valence-electron chi connectivity index (χ0n) is 12.7. The highest BCUT2D eigenvalue weighted by Crippen LogP contribution is 2.27. The molecule has 1 unspecified atom stereocenters. The van der Waals surface area contributed by atoms with Crippen LogP contribution in [0.25, 0.3) is 0 Å². The lowest BCUT2D eigenvalue weighted by Gasteiger charge is -2.34. The predicted molar refractivity (Wildman–Crippen MR) is 79.1 cm³/mol. The van der Waals surface area contributed by atoms with Crippen LogP contribution < -0.4 is 5.32 Å². The number of amides is 1. The fourth-order valence-electron chi connectivity index (χ4n) is 3.41. The van der Waals surface area contributed by atoms with E-state index in [4.69, 9.17) is 0 Å². The summed E-state index contributed by atoms with van der Waals surface area (Å²) in [5.74, 6) is 0.0374. The normalized spacial score (nSPS) is 25.2. The van der Waals surface area contributed by atoms with Crippen molar-refractivity contribution in [2.24, 2.45) is 0 Å². The maximum absolute atomic E-state index is 12.5. The lowest BCUT2D eigenvalue weighted by molar-refractivity contribution is -0.127. The van der Waals surface area contributed by atoms with Gasteiger partial charge in [-0.25, -0.2) is 0 Å². The number of nitrogens with zero attached hydrogens (tertiary/aromatic N) is 2. The van der Waals surface area contributed by atoms with E-state index in [0.29, 0.717) is 0 Å². The number of hydrogen-bond acceptors (Lipinski definition) is 3. The van der Waals surface area contributed by atoms with Gasteiger partial charge < -0.3 is 5.32 Å². The van der Waals surface area contributed by atoms with Crippen molar-refractivity contribution < 1.29 is 4.79 Å². The number of hydrogen-bond donors (Lipinski definition) is 1. The molecule has 0 aromatic rings. The summed E-state index contributed by atoms with van der Waals surface area (Å²) in [6, 6.07) is 2.26. The van der Waals surface area contributed by atoms with Gasteiger partial charge in [-0.3, -0.25) is 9.69 Å². The molecule has 1 N–H and O–H groups in total. The molecule has 1 saturated heterocycles. The van der Waals surface area contributed by atoms with E-state index in [1.165, 1.54) is 32.1 Å². The van der Waals surface area contributed by atoms with Crippen molar-refractivity contribution in [2.45, 2.75) is 76.3 Å². The van der Waals surface area contributed by atoms with Crippen molar-refractivity contribution in [1.29, 1.82) is 5.26 Å². The summed E-state index contributed by atoms with van der Waals surface area (Å²) in [5.41, 5.74) is -0.602. The van der Waals surface area contributed by atoms with Crippen LogP contribution in [0.3, 0.4) is 0 Å². The van der Waals surface area contributed by atoms with Crippen LogP contribution in [0.2, 0.25) is 0 Å². The van der Waals surface area contributed by atoms with E-state index in [0.717, 1.165) is 38.8 Å². The Morgan fingerprint density at radius 1 is 1.10 bits per heavy atom. The Bertz CT molecular complexity index is 360. The van der Waals surface area contributed by atoms with Crippen molar-refractivity contribution in [1.82, 2.24) is 10.2 Å². The molecule has 1 aliphatic carbocycles. The molecule has 4 nitrogen and oxygen atoms in total. The maximum atomic E-state index is 12.5. The number of carbonyl (C=O) groups excluding carboxylic acids is 1. The Hall–Kier alpha value is -1.08. The van der Waals surface area contributed by atoms with Crippen LogP contribution in [0.4, 0.5) is 0 Å². The second kappa shape index (κ2) is 7.08. The minimum atomic E-state index is -0.602. The number of rotatable bonds is 3. The average Bonchev–Trinajstić information content (AvgIpc) is 2.76. The Morgan fingerprint density at radius 3 is 2.20 bits per heavy atom. The first-order valence-corrected chi connectivity index (χ1v) is 8.14. The smallest absolute Gasteiger partial charge is 0.238 e. The molecule has 1 aliphatic heterocycles. The molecule has 2 fully saturated rings. The second-order valence-corrected chi connectivity index (χ2v) is 6.37. The molecule has 20 heavy (non-hydrogen) atoms. The fraction of sp³-hybridized carbons (Fsp3) is 0.875. The fourth-order valence-corrected chi connectivity index (χ4v) is 3.41. The first-order valence-electron chi connectivity index (χ1n) is 8.14. The summed E-state index contributed by atoms with van der Waals surface area (Å²) in [6.45, 7) is 4.00. The van der Waals surface area contributed by atoms with Gasteiger partial charge in [0.05, 0.1) is 12.1 Å². The molecule has 4 heteroatoms. The van der Waals surface area contributed by atoms with Gasteiger partial charge in [-0.05, 0) is 45.7 Å². The molecule has 1 amide bonds. The summed E-state index contributed by atoms with van der Waals surface area (Å²) in [5, 5.41) is 12.5. The number of nitrogens with one attached hydrogen (secondary N) is 1. The van der Waals surface area contributed by atoms with Crippen LogP contribution in [-0.4, -0.2) is 35.5 Å². The number of likely N-dealkylation sites (tertiary alicyclic amines) is 1. The lowest BCUT2D eigenvalue weighted by Crippen LogP contribution is -2.55. The van der Waals surface area contributed by atoms with Crippen molar-refractivity contribution in [3.63, 3.8) is 0 Å². The van der Waals surface area contributed by atoms with E-state index in [1.54, 1.807) is 0 Å². The van der Waals surface area contributed by atoms with Crippen LogP contribution in [0.15, 0.2) is 0 Å². The van der Waals surface area contributed by atoms with E-state index < -0.39 is 5.54 Å². The van der Waals surface area contributed by atoms with Gasteiger partial charge in [0.25, 0.3) is 0 Å². The van der Waals surface area contributed by atoms with Crippen LogP contribution in [-0.2, 0) is 4.79 Å². The topological polar surface area (TPSA) is 56.1 Å². The zero-order chi connectivity index (χ0) is 14.4. The molecule has 0 radical (unpaired) electrons. The van der Waals surface area contributed by atoms with Gasteiger partial charge in [-0.2, -0.15) is 5.26 Å². The Labute approximate surface area is 122 Å². The third-order valence-corrected chi connectivity index (χ3v) is 4.85. The second-order valence-electron chi connectivity index (χ2n) is 6.37. The molecule has 1 heterocycles. The molecule has 0 spiro atoms. The van der Waals surface area contributed by atoms with Gasteiger partial charge in [0.15, 0.2) is 0 Å². The molecule has 2 rings (SSSR count). The van der Waals surface area contributed by atoms with Crippen molar-refractivity contribution >= 4 is 5.91 Å². The van der Waals surface area contributed by atoms with E-state index in [1.807, 2.05) is 6.92 Å². The monoisotopic (exact) mass is 277 g/mol. The van der Waals surface area contributed by atoms with Gasteiger partial charge in [-0.1, -0.05) is 32.1 Å². The van der Waals surface area contributed by atoms with Gasteiger partial charge in [-0.15, -0.1) is 0 Å². The van der Waals surface area contributed by atoms with E-state index in [2.05, 4.69) is 16.3 Å². The Morgan fingerprint density at radius 2 is 1.65 bits per heavy atom. The number of carbonyl (C=O) groups is 1. The zero-order valence-corrected chi connectivity index (χ0v) is 12.7. The molecule has 0 aromatic carbocycles. The molecule has 2 aliphatic rings. The molecule has 0 aromatic heterocycles. The third-order valence-electron chi connectivity index (χ3n) is 4.85. The van der Waals surface area contributed by atoms with Gasteiger partial charge >= 0.3 is 0 Å². The van der Waals surface area contributed by atoms with E-state index in [-0.39, 0.29) is 11.9 Å². The standard InChI is InChI=1S/C16H27N3O/c1-14(19-11-7-2-3-8-12-19)15(20)18-16(13-17)9-5-4-6-10-16/h14H,2-12H2,1H3,(H,18,20). The van der Waals surface area contributed by atoms with Crippen molar-refractivity contribution in [2.75, 3.05) is 13.1 Å². The molecular weight excluding hydrogens is 250 g/mol. The van der Waals surface area contributed by atoms with Crippen molar-refractivity contribution in [3.8, 4) is 6.07 Å². The van der Waals surface area contributed by atoms with Gasteiger partial charge in [0, 0.05) is 0 Å². The van der Waals surface area contributed by atoms with E-state index in [9.17, 15) is 10.1 Å². The first-order chi connectivity index (χ1) is 9.67. The number of nitriles is 1. The van der Waals surface area contributed by atoms with Crippen LogP contribution in [0.5, 0.6) is 0 Å². The summed E-state index contributed by atoms with van der Waals surface area (Å²) in [6.07, 6.45) is 9.80. The van der Waals surface area contributed by atoms with Crippen LogP contribution in [0.1, 0.15) is 64.7 Å². The molecule has 112 valence electrons. The quantitative estimate of drug-likeness (QED) is 0.862. The van der Waals surface area contributed by atoms with Crippen LogP contribution >= 0.6 is 0 Å². The SMILES string of the molecule is CC(C(=O)NC1(C#N)CCCCC1)N1CCCCCC1.